The van der Waals surface area contributed by atoms with Gasteiger partial charge in [-0.05, 0) is 31.2 Å². The zero-order valence-electron chi connectivity index (χ0n) is 11.6. The number of allylic oxidation sites excluding steroid dienone is 1. The normalized spacial score (nSPS) is 18.0. The quantitative estimate of drug-likeness (QED) is 0.827. The molecule has 112 valence electrons. The Labute approximate surface area is 141 Å². The highest BCUT2D eigenvalue weighted by atomic mass is 79.9. The zero-order chi connectivity index (χ0) is 15.7. The molecule has 0 spiro atoms. The van der Waals surface area contributed by atoms with E-state index in [1.54, 1.807) is 12.3 Å². The lowest BCUT2D eigenvalue weighted by atomic mass is 10.0. The summed E-state index contributed by atoms with van der Waals surface area (Å²) in [6.45, 7) is 1.94. The van der Waals surface area contributed by atoms with Crippen molar-refractivity contribution in [1.82, 2.24) is 10.3 Å². The van der Waals surface area contributed by atoms with Crippen molar-refractivity contribution in [3.8, 4) is 0 Å². The third kappa shape index (κ3) is 2.91. The second-order valence-electron chi connectivity index (χ2n) is 4.86. The summed E-state index contributed by atoms with van der Waals surface area (Å²) in [4.78, 5) is 8.98. The summed E-state index contributed by atoms with van der Waals surface area (Å²) < 4.78 is 14.1. The van der Waals surface area contributed by atoms with Crippen molar-refractivity contribution in [2.24, 2.45) is 4.99 Å². The summed E-state index contributed by atoms with van der Waals surface area (Å²) in [5, 5.41) is 3.56. The lowest BCUT2D eigenvalue weighted by molar-refractivity contribution is 0.626. The maximum atomic E-state index is 13.3. The van der Waals surface area contributed by atoms with Gasteiger partial charge in [-0.3, -0.25) is 9.98 Å². The lowest BCUT2D eigenvalue weighted by Crippen LogP contribution is -2.29. The molecule has 1 atom stereocenters. The van der Waals surface area contributed by atoms with Gasteiger partial charge >= 0.3 is 0 Å². The maximum absolute atomic E-state index is 13.3. The number of pyridine rings is 1. The standard InChI is InChI=1S/C16H12BrClFN3/c1-9-14(17)15(11-6-5-10(19)8-12(11)18)22-16(21-9)13-4-2-3-7-20-13/h2-8,15H,1H3,(H,21,22). The molecule has 0 bridgehead atoms. The first kappa shape index (κ1) is 15.2. The van der Waals surface area contributed by atoms with E-state index in [4.69, 9.17) is 11.6 Å². The molecule has 1 unspecified atom stereocenters. The van der Waals surface area contributed by atoms with Crippen LogP contribution in [0.1, 0.15) is 24.2 Å². The topological polar surface area (TPSA) is 37.3 Å². The van der Waals surface area contributed by atoms with Crippen LogP contribution in [0.5, 0.6) is 0 Å². The average molecular weight is 381 g/mol. The predicted octanol–water partition coefficient (Wildman–Crippen LogP) is 4.59. The number of aliphatic imine (C=N–C) groups is 1. The Morgan fingerprint density at radius 3 is 2.77 bits per heavy atom. The monoisotopic (exact) mass is 379 g/mol. The summed E-state index contributed by atoms with van der Waals surface area (Å²) >= 11 is 9.73. The van der Waals surface area contributed by atoms with Crippen LogP contribution >= 0.6 is 27.5 Å². The molecule has 1 aromatic heterocycles. The van der Waals surface area contributed by atoms with Gasteiger partial charge in [0.1, 0.15) is 17.6 Å². The van der Waals surface area contributed by atoms with Gasteiger partial charge in [0.2, 0.25) is 0 Å². The molecule has 0 saturated carbocycles. The number of nitrogens with zero attached hydrogens (tertiary/aromatic N) is 2. The van der Waals surface area contributed by atoms with E-state index in [9.17, 15) is 4.39 Å². The van der Waals surface area contributed by atoms with Gasteiger partial charge < -0.3 is 5.32 Å². The van der Waals surface area contributed by atoms with Gasteiger partial charge in [0.15, 0.2) is 5.84 Å². The largest absolute Gasteiger partial charge is 0.342 e. The minimum absolute atomic E-state index is 0.327. The van der Waals surface area contributed by atoms with E-state index in [2.05, 4.69) is 31.2 Å². The van der Waals surface area contributed by atoms with Crippen LogP contribution in [-0.2, 0) is 0 Å². The zero-order valence-corrected chi connectivity index (χ0v) is 14.0. The molecule has 1 aromatic carbocycles. The van der Waals surface area contributed by atoms with Crippen molar-refractivity contribution in [3.05, 3.63) is 74.9 Å². The molecule has 2 aromatic rings. The summed E-state index contributed by atoms with van der Waals surface area (Å²) in [7, 11) is 0. The van der Waals surface area contributed by atoms with E-state index in [0.29, 0.717) is 10.9 Å². The second-order valence-corrected chi connectivity index (χ2v) is 6.12. The summed E-state index contributed by atoms with van der Waals surface area (Å²) in [5.41, 5.74) is 2.40. The number of benzene rings is 1. The van der Waals surface area contributed by atoms with Crippen molar-refractivity contribution in [1.29, 1.82) is 0 Å². The molecule has 1 aliphatic rings. The maximum Gasteiger partial charge on any atom is 0.152 e. The summed E-state index contributed by atoms with van der Waals surface area (Å²) in [6, 6.07) is 9.63. The van der Waals surface area contributed by atoms with Crippen LogP contribution in [-0.4, -0.2) is 10.8 Å². The van der Waals surface area contributed by atoms with Gasteiger partial charge in [0.25, 0.3) is 0 Å². The molecule has 3 rings (SSSR count). The van der Waals surface area contributed by atoms with Gasteiger partial charge in [0, 0.05) is 27.0 Å². The second kappa shape index (κ2) is 6.18. The molecule has 0 aliphatic carbocycles. The SMILES string of the molecule is CC1=C(Br)C(c2ccc(F)cc2Cl)N=C(c2ccccn2)N1. The first-order valence-electron chi connectivity index (χ1n) is 6.63. The van der Waals surface area contributed by atoms with Crippen LogP contribution in [0.3, 0.4) is 0 Å². The molecule has 6 heteroatoms. The molecule has 22 heavy (non-hydrogen) atoms. The van der Waals surface area contributed by atoms with Crippen molar-refractivity contribution in [3.63, 3.8) is 0 Å². The van der Waals surface area contributed by atoms with Gasteiger partial charge in [-0.25, -0.2) is 4.39 Å². The van der Waals surface area contributed by atoms with E-state index < -0.39 is 0 Å². The minimum Gasteiger partial charge on any atom is -0.342 e. The molecule has 1 aliphatic heterocycles. The first-order valence-corrected chi connectivity index (χ1v) is 7.81. The van der Waals surface area contributed by atoms with Crippen molar-refractivity contribution >= 4 is 33.4 Å². The van der Waals surface area contributed by atoms with Gasteiger partial charge in [-0.15, -0.1) is 0 Å². The molecule has 0 amide bonds. The summed E-state index contributed by atoms with van der Waals surface area (Å²) in [5.74, 6) is 0.292. The summed E-state index contributed by atoms with van der Waals surface area (Å²) in [6.07, 6.45) is 1.71. The Kier molecular flexibility index (Phi) is 4.27. The number of amidine groups is 1. The third-order valence-corrected chi connectivity index (χ3v) is 4.68. The fourth-order valence-electron chi connectivity index (χ4n) is 2.22. The van der Waals surface area contributed by atoms with E-state index >= 15 is 0 Å². The molecular weight excluding hydrogens is 369 g/mol. The molecule has 0 radical (unpaired) electrons. The number of rotatable bonds is 2. The van der Waals surface area contributed by atoms with Crippen LogP contribution in [0.4, 0.5) is 4.39 Å². The van der Waals surface area contributed by atoms with Crippen molar-refractivity contribution in [2.45, 2.75) is 13.0 Å². The van der Waals surface area contributed by atoms with Gasteiger partial charge in [-0.2, -0.15) is 0 Å². The number of nitrogens with one attached hydrogen (secondary N) is 1. The number of hydrogen-bond donors (Lipinski definition) is 1. The Bertz CT molecular complexity index is 774. The first-order chi connectivity index (χ1) is 10.6. The number of halogens is 3. The van der Waals surface area contributed by atoms with Gasteiger partial charge in [-0.1, -0.05) is 39.7 Å². The third-order valence-electron chi connectivity index (χ3n) is 3.33. The average Bonchev–Trinajstić information content (AvgIpc) is 2.51. The van der Waals surface area contributed by atoms with Crippen LogP contribution in [0, 0.1) is 5.82 Å². The molecule has 0 fully saturated rings. The van der Waals surface area contributed by atoms with E-state index in [1.807, 2.05) is 25.1 Å². The van der Waals surface area contributed by atoms with E-state index in [0.717, 1.165) is 21.4 Å². The van der Waals surface area contributed by atoms with Crippen LogP contribution in [0.2, 0.25) is 5.02 Å². The van der Waals surface area contributed by atoms with Gasteiger partial charge in [0.05, 0.1) is 0 Å². The Morgan fingerprint density at radius 2 is 2.09 bits per heavy atom. The fourth-order valence-corrected chi connectivity index (χ4v) is 2.94. The Morgan fingerprint density at radius 1 is 1.27 bits per heavy atom. The number of hydrogen-bond acceptors (Lipinski definition) is 3. The van der Waals surface area contributed by atoms with Crippen molar-refractivity contribution in [2.75, 3.05) is 0 Å². The lowest BCUT2D eigenvalue weighted by Gasteiger charge is -2.24. The van der Waals surface area contributed by atoms with Crippen LogP contribution < -0.4 is 5.32 Å². The highest BCUT2D eigenvalue weighted by molar-refractivity contribution is 9.11. The fraction of sp³-hybridized carbons (Fsp3) is 0.125. The van der Waals surface area contributed by atoms with E-state index in [-0.39, 0.29) is 11.9 Å². The van der Waals surface area contributed by atoms with E-state index in [1.165, 1.54) is 12.1 Å². The molecule has 2 heterocycles. The predicted molar refractivity (Wildman–Crippen MR) is 89.7 cm³/mol. The highest BCUT2D eigenvalue weighted by Gasteiger charge is 2.25. The molecule has 3 nitrogen and oxygen atoms in total. The van der Waals surface area contributed by atoms with Crippen LogP contribution in [0.15, 0.2) is 57.8 Å². The Balaban J connectivity index is 2.07. The van der Waals surface area contributed by atoms with Crippen molar-refractivity contribution < 1.29 is 4.39 Å². The highest BCUT2D eigenvalue weighted by Crippen LogP contribution is 2.38. The Hall–Kier alpha value is -1.72. The molecule has 1 N–H and O–H groups in total. The molecular formula is C16H12BrClFN3. The van der Waals surface area contributed by atoms with Crippen LogP contribution in [0.25, 0.3) is 0 Å². The minimum atomic E-state index is -0.367. The molecule has 0 saturated heterocycles. The number of aromatic nitrogens is 1. The smallest absolute Gasteiger partial charge is 0.152 e.